The number of rotatable bonds is 3. The molecule has 26 heavy (non-hydrogen) atoms. The van der Waals surface area contributed by atoms with E-state index in [1.807, 2.05) is 24.4 Å². The Kier molecular flexibility index (Phi) is 5.14. The molecule has 0 saturated carbocycles. The number of benzene rings is 2. The Bertz CT molecular complexity index is 1010. The van der Waals surface area contributed by atoms with Gasteiger partial charge < -0.3 is 4.98 Å². The van der Waals surface area contributed by atoms with Gasteiger partial charge in [0.05, 0.1) is 16.0 Å². The Balaban J connectivity index is 0.000000181. The van der Waals surface area contributed by atoms with Gasteiger partial charge in [-0.3, -0.25) is 19.9 Å². The maximum absolute atomic E-state index is 12.1. The van der Waals surface area contributed by atoms with Crippen LogP contribution in [-0.2, 0) is 0 Å². The highest BCUT2D eigenvalue weighted by Crippen LogP contribution is 2.20. The highest BCUT2D eigenvalue weighted by atomic mass is 16.6. The predicted molar refractivity (Wildman–Crippen MR) is 99.1 cm³/mol. The summed E-state index contributed by atoms with van der Waals surface area (Å²) in [6.45, 7) is 0. The fraction of sp³-hybridized carbons (Fsp3) is 0. The number of nitro groups is 1. The van der Waals surface area contributed by atoms with Crippen molar-refractivity contribution in [3.63, 3.8) is 0 Å². The number of ketones is 1. The third kappa shape index (κ3) is 3.81. The van der Waals surface area contributed by atoms with Gasteiger partial charge >= 0.3 is 0 Å². The van der Waals surface area contributed by atoms with Gasteiger partial charge in [-0.15, -0.1) is 0 Å². The number of hydrogen-bond donors (Lipinski definition) is 1. The molecular formula is C20H15N3O3. The molecule has 0 radical (unpaired) electrons. The predicted octanol–water partition coefficient (Wildman–Crippen LogP) is 4.39. The lowest BCUT2D eigenvalue weighted by molar-refractivity contribution is -0.385. The van der Waals surface area contributed by atoms with Crippen molar-refractivity contribution in [2.45, 2.75) is 0 Å². The standard InChI is InChI=1S/C13H9NO3.C7H6N2/c15-13(10-6-2-1-3-7-10)11-8-4-5-9-12(11)14(16)17;1-2-6-7(8-4-1)3-5-9-6/h1-9H;1-5,9H. The topological polar surface area (TPSA) is 88.9 Å². The first-order chi connectivity index (χ1) is 12.7. The van der Waals surface area contributed by atoms with Crippen LogP contribution in [0.15, 0.2) is 85.2 Å². The lowest BCUT2D eigenvalue weighted by atomic mass is 10.0. The third-order valence-corrected chi connectivity index (χ3v) is 3.70. The van der Waals surface area contributed by atoms with Crippen LogP contribution < -0.4 is 0 Å². The smallest absolute Gasteiger partial charge is 0.280 e. The molecule has 0 spiro atoms. The SMILES string of the molecule is O=C(c1ccccc1)c1ccccc1[N+](=O)[O-].c1cnc2cc[nH]c2c1. The van der Waals surface area contributed by atoms with Crippen molar-refractivity contribution in [1.82, 2.24) is 9.97 Å². The molecule has 0 saturated heterocycles. The molecule has 0 bridgehead atoms. The fourth-order valence-corrected chi connectivity index (χ4v) is 2.45. The zero-order chi connectivity index (χ0) is 18.4. The molecule has 1 N–H and O–H groups in total. The van der Waals surface area contributed by atoms with Crippen LogP contribution in [0.4, 0.5) is 5.69 Å². The van der Waals surface area contributed by atoms with Crippen LogP contribution in [-0.4, -0.2) is 20.7 Å². The molecule has 4 rings (SSSR count). The van der Waals surface area contributed by atoms with Crippen molar-refractivity contribution in [2.75, 3.05) is 0 Å². The Morgan fingerprint density at radius 1 is 0.923 bits per heavy atom. The molecule has 0 aliphatic rings. The Labute approximate surface area is 149 Å². The zero-order valence-corrected chi connectivity index (χ0v) is 13.7. The number of nitrogens with one attached hydrogen (secondary N) is 1. The van der Waals surface area contributed by atoms with E-state index in [1.165, 1.54) is 12.1 Å². The molecular weight excluding hydrogens is 330 g/mol. The van der Waals surface area contributed by atoms with E-state index >= 15 is 0 Å². The highest BCUT2D eigenvalue weighted by Gasteiger charge is 2.19. The van der Waals surface area contributed by atoms with E-state index in [-0.39, 0.29) is 17.0 Å². The van der Waals surface area contributed by atoms with E-state index in [2.05, 4.69) is 9.97 Å². The Morgan fingerprint density at radius 3 is 2.38 bits per heavy atom. The normalized spacial score (nSPS) is 10.0. The molecule has 6 heteroatoms. The molecule has 4 aromatic rings. The van der Waals surface area contributed by atoms with E-state index in [9.17, 15) is 14.9 Å². The number of pyridine rings is 1. The summed E-state index contributed by atoms with van der Waals surface area (Å²) in [5.74, 6) is -0.335. The van der Waals surface area contributed by atoms with Gasteiger partial charge in [-0.1, -0.05) is 42.5 Å². The number of hydrogen-bond acceptors (Lipinski definition) is 4. The summed E-state index contributed by atoms with van der Waals surface area (Å²) in [7, 11) is 0. The average molecular weight is 345 g/mol. The first kappa shape index (κ1) is 17.0. The maximum Gasteiger partial charge on any atom is 0.280 e. The summed E-state index contributed by atoms with van der Waals surface area (Å²) in [5.41, 5.74) is 2.52. The minimum atomic E-state index is -0.545. The summed E-state index contributed by atoms with van der Waals surface area (Å²) in [5, 5.41) is 10.8. The average Bonchev–Trinajstić information content (AvgIpc) is 3.17. The third-order valence-electron chi connectivity index (χ3n) is 3.70. The second kappa shape index (κ2) is 7.85. The van der Waals surface area contributed by atoms with Crippen molar-refractivity contribution in [3.8, 4) is 0 Å². The van der Waals surface area contributed by atoms with Gasteiger partial charge in [0.2, 0.25) is 0 Å². The van der Waals surface area contributed by atoms with Crippen LogP contribution in [0, 0.1) is 10.1 Å². The van der Waals surface area contributed by atoms with E-state index < -0.39 is 4.92 Å². The van der Waals surface area contributed by atoms with Gasteiger partial charge in [0.1, 0.15) is 5.56 Å². The number of para-hydroxylation sites is 1. The summed E-state index contributed by atoms with van der Waals surface area (Å²) >= 11 is 0. The molecule has 6 nitrogen and oxygen atoms in total. The van der Waals surface area contributed by atoms with Crippen molar-refractivity contribution in [1.29, 1.82) is 0 Å². The molecule has 0 aliphatic carbocycles. The second-order valence-corrected chi connectivity index (χ2v) is 5.38. The van der Waals surface area contributed by atoms with Crippen molar-refractivity contribution < 1.29 is 9.72 Å². The van der Waals surface area contributed by atoms with E-state index in [0.29, 0.717) is 5.56 Å². The molecule has 0 aliphatic heterocycles. The van der Waals surface area contributed by atoms with Crippen LogP contribution in [0.3, 0.4) is 0 Å². The number of aromatic amines is 1. The first-order valence-electron chi connectivity index (χ1n) is 7.88. The van der Waals surface area contributed by atoms with Gasteiger partial charge in [0.25, 0.3) is 5.69 Å². The lowest BCUT2D eigenvalue weighted by Crippen LogP contribution is -2.04. The van der Waals surface area contributed by atoms with Crippen molar-refractivity contribution >= 4 is 22.5 Å². The number of H-pyrrole nitrogens is 1. The first-order valence-corrected chi connectivity index (χ1v) is 7.88. The van der Waals surface area contributed by atoms with Crippen LogP contribution in [0.2, 0.25) is 0 Å². The number of nitro benzene ring substituents is 1. The fourth-order valence-electron chi connectivity index (χ4n) is 2.45. The van der Waals surface area contributed by atoms with Gasteiger partial charge in [-0.05, 0) is 24.3 Å². The van der Waals surface area contributed by atoms with Gasteiger partial charge in [0.15, 0.2) is 5.78 Å². The maximum atomic E-state index is 12.1. The molecule has 2 heterocycles. The molecule has 0 unspecified atom stereocenters. The summed E-state index contributed by atoms with van der Waals surface area (Å²) < 4.78 is 0. The number of nitrogens with zero attached hydrogens (tertiary/aromatic N) is 2. The largest absolute Gasteiger partial charge is 0.360 e. The van der Waals surface area contributed by atoms with Crippen LogP contribution >= 0.6 is 0 Å². The summed E-state index contributed by atoms with van der Waals surface area (Å²) in [6.07, 6.45) is 3.67. The zero-order valence-electron chi connectivity index (χ0n) is 13.7. The van der Waals surface area contributed by atoms with Gasteiger partial charge in [-0.2, -0.15) is 0 Å². The van der Waals surface area contributed by atoms with Crippen LogP contribution in [0.25, 0.3) is 11.0 Å². The second-order valence-electron chi connectivity index (χ2n) is 5.38. The monoisotopic (exact) mass is 345 g/mol. The minimum absolute atomic E-state index is 0.115. The van der Waals surface area contributed by atoms with Gasteiger partial charge in [0, 0.05) is 24.0 Å². The Morgan fingerprint density at radius 2 is 1.65 bits per heavy atom. The van der Waals surface area contributed by atoms with E-state index in [1.54, 1.807) is 48.7 Å². The molecule has 0 fully saturated rings. The summed E-state index contributed by atoms with van der Waals surface area (Å²) in [4.78, 5) is 29.5. The number of carbonyl (C=O) groups is 1. The van der Waals surface area contributed by atoms with Gasteiger partial charge in [-0.25, -0.2) is 0 Å². The summed E-state index contributed by atoms with van der Waals surface area (Å²) in [6, 6.07) is 20.3. The van der Waals surface area contributed by atoms with E-state index in [0.717, 1.165) is 11.0 Å². The molecule has 0 amide bonds. The minimum Gasteiger partial charge on any atom is -0.360 e. The number of fused-ring (bicyclic) bond motifs is 1. The van der Waals surface area contributed by atoms with E-state index in [4.69, 9.17) is 0 Å². The Hall–Kier alpha value is -3.80. The lowest BCUT2D eigenvalue weighted by Gasteiger charge is -2.01. The van der Waals surface area contributed by atoms with Crippen molar-refractivity contribution in [2.24, 2.45) is 0 Å². The molecule has 128 valence electrons. The highest BCUT2D eigenvalue weighted by molar-refractivity contribution is 6.11. The van der Waals surface area contributed by atoms with Crippen molar-refractivity contribution in [3.05, 3.63) is 106 Å². The molecule has 0 atom stereocenters. The number of aromatic nitrogens is 2. The molecule has 2 aromatic carbocycles. The number of carbonyl (C=O) groups excluding carboxylic acids is 1. The molecule has 2 aromatic heterocycles. The van der Waals surface area contributed by atoms with Crippen LogP contribution in [0.1, 0.15) is 15.9 Å². The van der Waals surface area contributed by atoms with Crippen LogP contribution in [0.5, 0.6) is 0 Å². The quantitative estimate of drug-likeness (QED) is 0.339.